The van der Waals surface area contributed by atoms with Crippen LogP contribution in [-0.2, 0) is 16.1 Å². The zero-order chi connectivity index (χ0) is 24.7. The summed E-state index contributed by atoms with van der Waals surface area (Å²) in [5, 5.41) is 5.93. The van der Waals surface area contributed by atoms with Gasteiger partial charge in [-0.1, -0.05) is 13.8 Å². The van der Waals surface area contributed by atoms with Crippen LogP contribution in [-0.4, -0.2) is 72.6 Å². The number of ether oxygens (including phenoxy) is 2. The first-order chi connectivity index (χ1) is 16.3. The van der Waals surface area contributed by atoms with Gasteiger partial charge in [0, 0.05) is 63.0 Å². The van der Waals surface area contributed by atoms with Crippen molar-refractivity contribution in [3.8, 4) is 5.75 Å². The number of aromatic nitrogens is 1. The lowest BCUT2D eigenvalue weighted by atomic mass is 10.0. The van der Waals surface area contributed by atoms with Crippen LogP contribution in [0, 0.1) is 5.92 Å². The molecule has 8 nitrogen and oxygen atoms in total. The lowest BCUT2D eigenvalue weighted by molar-refractivity contribution is -0.116. The van der Waals surface area contributed by atoms with Gasteiger partial charge in [0.2, 0.25) is 5.91 Å². The van der Waals surface area contributed by atoms with E-state index in [4.69, 9.17) is 9.47 Å². The van der Waals surface area contributed by atoms with Gasteiger partial charge in [0.25, 0.3) is 5.91 Å². The number of hydrogen-bond acceptors (Lipinski definition) is 7. The fourth-order valence-corrected chi connectivity index (χ4v) is 4.74. The summed E-state index contributed by atoms with van der Waals surface area (Å²) in [6.45, 7) is 8.59. The van der Waals surface area contributed by atoms with Gasteiger partial charge in [-0.2, -0.15) is 0 Å². The van der Waals surface area contributed by atoms with Crippen LogP contribution >= 0.6 is 11.3 Å². The lowest BCUT2D eigenvalue weighted by Crippen LogP contribution is -2.46. The fraction of sp³-hybridized carbons (Fsp3) is 0.560. The molecule has 0 spiro atoms. The first-order valence-electron chi connectivity index (χ1n) is 11.8. The summed E-state index contributed by atoms with van der Waals surface area (Å²) >= 11 is 1.64. The number of likely N-dealkylation sites (N-methyl/N-ethyl adjacent to an activating group) is 1. The van der Waals surface area contributed by atoms with E-state index in [9.17, 15) is 9.59 Å². The number of thiazole rings is 1. The summed E-state index contributed by atoms with van der Waals surface area (Å²) < 4.78 is 12.0. The lowest BCUT2D eigenvalue weighted by Gasteiger charge is -2.35. The maximum Gasteiger partial charge on any atom is 0.257 e. The molecule has 1 N–H and O–H groups in total. The summed E-state index contributed by atoms with van der Waals surface area (Å²) in [7, 11) is 3.48. The standard InChI is InChI=1S/C25H36N4O4S/c1-6-7-23(30)27-19-8-9-20-21(12-19)33-16-18(3)29(15-24-26-10-11-34-24)13-17(2)22(32-5)14-28(4)25(20)31/h8-12,17-18,22H,6-7,13-16H2,1-5H3,(H,27,30)/t17-,18-,22-/m1/s1. The molecule has 3 atom stereocenters. The number of fused-ring (bicyclic) bond motifs is 1. The number of benzene rings is 1. The number of nitrogens with one attached hydrogen (secondary N) is 1. The Bertz CT molecular complexity index is 952. The molecule has 0 bridgehead atoms. The van der Waals surface area contributed by atoms with Gasteiger partial charge < -0.3 is 19.7 Å². The molecule has 2 heterocycles. The fourth-order valence-electron chi connectivity index (χ4n) is 4.10. The summed E-state index contributed by atoms with van der Waals surface area (Å²) in [5.41, 5.74) is 1.09. The second-order valence-electron chi connectivity index (χ2n) is 8.96. The Hall–Kier alpha value is -2.49. The van der Waals surface area contributed by atoms with Crippen LogP contribution in [0.1, 0.15) is 49.0 Å². The molecule has 34 heavy (non-hydrogen) atoms. The number of methoxy groups -OCH3 is 1. The van der Waals surface area contributed by atoms with E-state index >= 15 is 0 Å². The van der Waals surface area contributed by atoms with E-state index in [0.717, 1.165) is 24.5 Å². The molecule has 1 aromatic carbocycles. The van der Waals surface area contributed by atoms with E-state index < -0.39 is 0 Å². The molecule has 2 aromatic rings. The third-order valence-corrected chi connectivity index (χ3v) is 6.92. The number of amides is 2. The topological polar surface area (TPSA) is 84.0 Å². The summed E-state index contributed by atoms with van der Waals surface area (Å²) in [6.07, 6.45) is 2.92. The van der Waals surface area contributed by atoms with Crippen LogP contribution in [0.15, 0.2) is 29.8 Å². The quantitative estimate of drug-likeness (QED) is 0.664. The average Bonchev–Trinajstić information content (AvgIpc) is 3.32. The van der Waals surface area contributed by atoms with E-state index in [1.807, 2.05) is 18.5 Å². The molecule has 0 saturated carbocycles. The van der Waals surface area contributed by atoms with Crippen LogP contribution in [0.3, 0.4) is 0 Å². The molecule has 1 aliphatic heterocycles. The summed E-state index contributed by atoms with van der Waals surface area (Å²) in [6, 6.07) is 5.30. The molecule has 0 saturated heterocycles. The van der Waals surface area contributed by atoms with Crippen molar-refractivity contribution < 1.29 is 19.1 Å². The molecule has 0 fully saturated rings. The highest BCUT2D eigenvalue weighted by Crippen LogP contribution is 2.27. The van der Waals surface area contributed by atoms with Gasteiger partial charge in [-0.3, -0.25) is 14.5 Å². The molecule has 1 aromatic heterocycles. The van der Waals surface area contributed by atoms with Gasteiger partial charge >= 0.3 is 0 Å². The Balaban J connectivity index is 1.92. The maximum absolute atomic E-state index is 13.3. The van der Waals surface area contributed by atoms with Crippen molar-refractivity contribution in [1.82, 2.24) is 14.8 Å². The van der Waals surface area contributed by atoms with Crippen LogP contribution in [0.4, 0.5) is 5.69 Å². The van der Waals surface area contributed by atoms with Gasteiger partial charge in [-0.25, -0.2) is 4.98 Å². The molecule has 3 rings (SSSR count). The molecule has 0 radical (unpaired) electrons. The first kappa shape index (κ1) is 26.1. The number of carbonyl (C=O) groups excluding carboxylic acids is 2. The predicted molar refractivity (Wildman–Crippen MR) is 134 cm³/mol. The number of rotatable bonds is 6. The van der Waals surface area contributed by atoms with Crippen LogP contribution < -0.4 is 10.1 Å². The van der Waals surface area contributed by atoms with Crippen LogP contribution in [0.25, 0.3) is 0 Å². The Kier molecular flexibility index (Phi) is 9.44. The van der Waals surface area contributed by atoms with Gasteiger partial charge in [0.1, 0.15) is 17.4 Å². The zero-order valence-corrected chi connectivity index (χ0v) is 21.6. The van der Waals surface area contributed by atoms with Crippen molar-refractivity contribution in [3.63, 3.8) is 0 Å². The highest BCUT2D eigenvalue weighted by molar-refractivity contribution is 7.09. The van der Waals surface area contributed by atoms with Crippen molar-refractivity contribution in [2.75, 3.05) is 39.2 Å². The number of hydrogen-bond donors (Lipinski definition) is 1. The van der Waals surface area contributed by atoms with E-state index in [1.54, 1.807) is 48.6 Å². The Morgan fingerprint density at radius 1 is 1.32 bits per heavy atom. The highest BCUT2D eigenvalue weighted by atomic mass is 32.1. The molecular formula is C25H36N4O4S. The van der Waals surface area contributed by atoms with E-state index in [1.165, 1.54) is 0 Å². The van der Waals surface area contributed by atoms with E-state index in [2.05, 4.69) is 29.0 Å². The SMILES string of the molecule is CCCC(=O)Nc1ccc2c(c1)OC[C@@H](C)N(Cc1nccs1)C[C@@H](C)[C@H](OC)CN(C)C2=O. The normalized spacial score (nSPS) is 22.3. The second kappa shape index (κ2) is 12.3. The number of carbonyl (C=O) groups is 2. The molecule has 9 heteroatoms. The van der Waals surface area contributed by atoms with Crippen LogP contribution in [0.2, 0.25) is 0 Å². The second-order valence-corrected chi connectivity index (χ2v) is 9.94. The minimum Gasteiger partial charge on any atom is -0.491 e. The van der Waals surface area contributed by atoms with Gasteiger partial charge in [-0.05, 0) is 31.4 Å². The molecule has 1 aliphatic rings. The molecule has 186 valence electrons. The predicted octanol–water partition coefficient (Wildman–Crippen LogP) is 3.89. The number of nitrogens with zero attached hydrogens (tertiary/aromatic N) is 3. The zero-order valence-electron chi connectivity index (χ0n) is 20.7. The minimum absolute atomic E-state index is 0.0565. The molecule has 2 amide bonds. The van der Waals surface area contributed by atoms with Crippen molar-refractivity contribution in [2.24, 2.45) is 5.92 Å². The van der Waals surface area contributed by atoms with Crippen molar-refractivity contribution >= 4 is 28.8 Å². The Morgan fingerprint density at radius 2 is 2.12 bits per heavy atom. The Labute approximate surface area is 206 Å². The monoisotopic (exact) mass is 488 g/mol. The van der Waals surface area contributed by atoms with Crippen molar-refractivity contribution in [3.05, 3.63) is 40.3 Å². The maximum atomic E-state index is 13.3. The van der Waals surface area contributed by atoms with Gasteiger partial charge in [-0.15, -0.1) is 11.3 Å². The van der Waals surface area contributed by atoms with Crippen molar-refractivity contribution in [1.29, 1.82) is 0 Å². The third-order valence-electron chi connectivity index (χ3n) is 6.16. The van der Waals surface area contributed by atoms with Crippen molar-refractivity contribution in [2.45, 2.75) is 52.3 Å². The van der Waals surface area contributed by atoms with E-state index in [-0.39, 0.29) is 29.9 Å². The molecule has 0 aliphatic carbocycles. The summed E-state index contributed by atoms with van der Waals surface area (Å²) in [4.78, 5) is 33.9. The van der Waals surface area contributed by atoms with Crippen LogP contribution in [0.5, 0.6) is 5.75 Å². The van der Waals surface area contributed by atoms with Gasteiger partial charge in [0.05, 0.1) is 18.2 Å². The molecular weight excluding hydrogens is 452 g/mol. The highest BCUT2D eigenvalue weighted by Gasteiger charge is 2.28. The Morgan fingerprint density at radius 3 is 2.79 bits per heavy atom. The molecule has 0 unspecified atom stereocenters. The number of anilines is 1. The van der Waals surface area contributed by atoms with Gasteiger partial charge in [0.15, 0.2) is 0 Å². The smallest absolute Gasteiger partial charge is 0.257 e. The largest absolute Gasteiger partial charge is 0.491 e. The minimum atomic E-state index is -0.136. The van der Waals surface area contributed by atoms with E-state index in [0.29, 0.717) is 36.6 Å². The average molecular weight is 489 g/mol. The first-order valence-corrected chi connectivity index (χ1v) is 12.7. The third kappa shape index (κ3) is 6.77. The summed E-state index contributed by atoms with van der Waals surface area (Å²) in [5.74, 6) is 0.468.